The molecule has 110 valence electrons. The molecule has 0 spiro atoms. The van der Waals surface area contributed by atoms with Gasteiger partial charge in [0.2, 0.25) is 0 Å². The first kappa shape index (κ1) is 14.9. The van der Waals surface area contributed by atoms with E-state index in [0.29, 0.717) is 12.3 Å². The molecule has 0 saturated heterocycles. The van der Waals surface area contributed by atoms with Crippen molar-refractivity contribution >= 4 is 5.91 Å². The molecule has 2 N–H and O–H groups in total. The van der Waals surface area contributed by atoms with Gasteiger partial charge in [-0.05, 0) is 24.7 Å². The number of nitrogens with two attached hydrogens (primary N) is 1. The van der Waals surface area contributed by atoms with Crippen molar-refractivity contribution < 1.29 is 9.53 Å². The fourth-order valence-electron chi connectivity index (χ4n) is 1.94. The van der Waals surface area contributed by atoms with Crippen LogP contribution in [0.5, 0.6) is 5.75 Å². The molecule has 21 heavy (non-hydrogen) atoms. The van der Waals surface area contributed by atoms with Gasteiger partial charge in [0, 0.05) is 31.7 Å². The average Bonchev–Trinajstić information content (AvgIpc) is 2.46. The molecule has 0 unspecified atom stereocenters. The quantitative estimate of drug-likeness (QED) is 0.820. The van der Waals surface area contributed by atoms with E-state index in [1.54, 1.807) is 24.7 Å². The van der Waals surface area contributed by atoms with E-state index in [1.165, 1.54) is 0 Å². The van der Waals surface area contributed by atoms with Crippen LogP contribution in [0.4, 0.5) is 0 Å². The Morgan fingerprint density at radius 1 is 1.33 bits per heavy atom. The van der Waals surface area contributed by atoms with Crippen LogP contribution in [0.25, 0.3) is 0 Å². The van der Waals surface area contributed by atoms with Crippen LogP contribution in [0.3, 0.4) is 0 Å². The number of hydrogen-bond donors (Lipinski definition) is 1. The summed E-state index contributed by atoms with van der Waals surface area (Å²) in [4.78, 5) is 21.1. The van der Waals surface area contributed by atoms with Gasteiger partial charge in [-0.3, -0.25) is 19.7 Å². The summed E-state index contributed by atoms with van der Waals surface area (Å²) < 4.78 is 5.29. The Morgan fingerprint density at radius 3 is 2.90 bits per heavy atom. The molecule has 0 radical (unpaired) electrons. The summed E-state index contributed by atoms with van der Waals surface area (Å²) in [5, 5.41) is 0. The van der Waals surface area contributed by atoms with Crippen molar-refractivity contribution in [3.05, 3.63) is 54.1 Å². The smallest absolute Gasteiger partial charge is 0.255 e. The van der Waals surface area contributed by atoms with Gasteiger partial charge in [-0.15, -0.1) is 0 Å². The molecular weight excluding hydrogens is 268 g/mol. The lowest BCUT2D eigenvalue weighted by Gasteiger charge is -2.16. The fraction of sp³-hybridized carbons (Fsp3) is 0.267. The fourth-order valence-corrected chi connectivity index (χ4v) is 1.94. The molecule has 2 rings (SSSR count). The first-order valence-corrected chi connectivity index (χ1v) is 6.57. The highest BCUT2D eigenvalue weighted by molar-refractivity contribution is 5.75. The van der Waals surface area contributed by atoms with Crippen molar-refractivity contribution in [2.24, 2.45) is 5.73 Å². The zero-order chi connectivity index (χ0) is 15.1. The summed E-state index contributed by atoms with van der Waals surface area (Å²) in [5.41, 5.74) is 7.06. The highest BCUT2D eigenvalue weighted by Gasteiger charge is 2.04. The molecular formula is C15H18N4O2. The van der Waals surface area contributed by atoms with Crippen molar-refractivity contribution in [3.8, 4) is 5.75 Å². The van der Waals surface area contributed by atoms with Gasteiger partial charge >= 0.3 is 0 Å². The third-order valence-electron chi connectivity index (χ3n) is 2.78. The maximum absolute atomic E-state index is 10.7. The van der Waals surface area contributed by atoms with Gasteiger partial charge in [0.05, 0.1) is 5.69 Å². The van der Waals surface area contributed by atoms with Gasteiger partial charge in [-0.25, -0.2) is 0 Å². The number of hydrogen-bond acceptors (Lipinski definition) is 5. The number of primary amides is 1. The van der Waals surface area contributed by atoms with Crippen LogP contribution in [0.15, 0.2) is 42.9 Å². The Balaban J connectivity index is 1.92. The minimum absolute atomic E-state index is 0.112. The third-order valence-corrected chi connectivity index (χ3v) is 2.78. The normalized spacial score (nSPS) is 10.6. The molecule has 1 aromatic heterocycles. The van der Waals surface area contributed by atoms with E-state index in [4.69, 9.17) is 10.5 Å². The number of aromatic nitrogens is 2. The molecule has 0 aliphatic rings. The van der Waals surface area contributed by atoms with Crippen molar-refractivity contribution in [1.29, 1.82) is 0 Å². The summed E-state index contributed by atoms with van der Waals surface area (Å²) in [6.07, 6.45) is 5.09. The van der Waals surface area contributed by atoms with Crippen molar-refractivity contribution in [2.75, 3.05) is 13.7 Å². The highest BCUT2D eigenvalue weighted by Crippen LogP contribution is 2.15. The van der Waals surface area contributed by atoms with E-state index in [0.717, 1.165) is 17.8 Å². The number of ether oxygens (including phenoxy) is 1. The van der Waals surface area contributed by atoms with Gasteiger partial charge in [0.15, 0.2) is 6.61 Å². The van der Waals surface area contributed by atoms with Crippen LogP contribution in [0, 0.1) is 0 Å². The van der Waals surface area contributed by atoms with Crippen molar-refractivity contribution in [2.45, 2.75) is 13.1 Å². The monoisotopic (exact) mass is 286 g/mol. The van der Waals surface area contributed by atoms with E-state index in [2.05, 4.69) is 14.9 Å². The molecule has 2 aromatic rings. The van der Waals surface area contributed by atoms with Gasteiger partial charge < -0.3 is 10.5 Å². The summed E-state index contributed by atoms with van der Waals surface area (Å²) in [6.45, 7) is 1.34. The van der Waals surface area contributed by atoms with E-state index in [9.17, 15) is 4.79 Å². The zero-order valence-corrected chi connectivity index (χ0v) is 11.9. The van der Waals surface area contributed by atoms with Crippen LogP contribution in [-0.4, -0.2) is 34.4 Å². The van der Waals surface area contributed by atoms with Gasteiger partial charge in [-0.2, -0.15) is 0 Å². The van der Waals surface area contributed by atoms with Gasteiger partial charge in [0.1, 0.15) is 5.75 Å². The van der Waals surface area contributed by atoms with Crippen LogP contribution in [-0.2, 0) is 17.9 Å². The molecule has 6 nitrogen and oxygen atoms in total. The molecule has 0 fully saturated rings. The Bertz CT molecular complexity index is 589. The standard InChI is InChI=1S/C15H18N4O2/c1-19(10-13-8-17-5-6-18-13)9-12-3-2-4-14(7-12)21-11-15(16)20/h2-8H,9-11H2,1H3,(H2,16,20). The van der Waals surface area contributed by atoms with E-state index >= 15 is 0 Å². The molecule has 6 heteroatoms. The van der Waals surface area contributed by atoms with Crippen LogP contribution >= 0.6 is 0 Å². The molecule has 0 saturated carbocycles. The number of nitrogens with zero attached hydrogens (tertiary/aromatic N) is 3. The summed E-state index contributed by atoms with van der Waals surface area (Å²) >= 11 is 0. The Kier molecular flexibility index (Phi) is 5.22. The summed E-state index contributed by atoms with van der Waals surface area (Å²) in [6, 6.07) is 7.59. The third kappa shape index (κ3) is 5.19. The lowest BCUT2D eigenvalue weighted by Crippen LogP contribution is -2.20. The SMILES string of the molecule is CN(Cc1cccc(OCC(N)=O)c1)Cc1cnccn1. The van der Waals surface area contributed by atoms with Crippen LogP contribution in [0.1, 0.15) is 11.3 Å². The topological polar surface area (TPSA) is 81.3 Å². The Hall–Kier alpha value is -2.47. The number of amides is 1. The molecule has 0 aliphatic heterocycles. The number of carbonyl (C=O) groups excluding carboxylic acids is 1. The number of rotatable bonds is 7. The Labute approximate surface area is 123 Å². The lowest BCUT2D eigenvalue weighted by molar-refractivity contribution is -0.119. The van der Waals surface area contributed by atoms with Crippen molar-refractivity contribution in [3.63, 3.8) is 0 Å². The van der Waals surface area contributed by atoms with E-state index in [-0.39, 0.29) is 6.61 Å². The predicted octanol–water partition coefficient (Wildman–Crippen LogP) is 0.973. The zero-order valence-electron chi connectivity index (χ0n) is 11.9. The first-order valence-electron chi connectivity index (χ1n) is 6.57. The maximum Gasteiger partial charge on any atom is 0.255 e. The number of benzene rings is 1. The molecule has 0 atom stereocenters. The van der Waals surface area contributed by atoms with Gasteiger partial charge in [-0.1, -0.05) is 12.1 Å². The largest absolute Gasteiger partial charge is 0.484 e. The summed E-state index contributed by atoms with van der Waals surface area (Å²) in [7, 11) is 2.01. The Morgan fingerprint density at radius 2 is 2.19 bits per heavy atom. The van der Waals surface area contributed by atoms with Crippen LogP contribution < -0.4 is 10.5 Å². The second kappa shape index (κ2) is 7.35. The lowest BCUT2D eigenvalue weighted by atomic mass is 10.2. The van der Waals surface area contributed by atoms with E-state index < -0.39 is 5.91 Å². The minimum atomic E-state index is -0.486. The molecule has 1 heterocycles. The molecule has 0 aliphatic carbocycles. The average molecular weight is 286 g/mol. The maximum atomic E-state index is 10.7. The molecule has 1 amide bonds. The minimum Gasteiger partial charge on any atom is -0.484 e. The van der Waals surface area contributed by atoms with E-state index in [1.807, 2.05) is 25.2 Å². The number of carbonyl (C=O) groups is 1. The molecule has 1 aromatic carbocycles. The van der Waals surface area contributed by atoms with Crippen LogP contribution in [0.2, 0.25) is 0 Å². The second-order valence-corrected chi connectivity index (χ2v) is 4.77. The highest BCUT2D eigenvalue weighted by atomic mass is 16.5. The molecule has 0 bridgehead atoms. The predicted molar refractivity (Wildman–Crippen MR) is 78.3 cm³/mol. The second-order valence-electron chi connectivity index (χ2n) is 4.77. The van der Waals surface area contributed by atoms with Gasteiger partial charge in [0.25, 0.3) is 5.91 Å². The van der Waals surface area contributed by atoms with Crippen molar-refractivity contribution in [1.82, 2.24) is 14.9 Å². The first-order chi connectivity index (χ1) is 10.1. The summed E-state index contributed by atoms with van der Waals surface area (Å²) in [5.74, 6) is 0.152.